The lowest BCUT2D eigenvalue weighted by molar-refractivity contribution is -0.122. The zero-order chi connectivity index (χ0) is 18.4. The number of hydrogen-bond donors (Lipinski definition) is 2. The van der Waals surface area contributed by atoms with E-state index in [-0.39, 0.29) is 24.1 Å². The fourth-order valence-electron chi connectivity index (χ4n) is 3.96. The minimum Gasteiger partial charge on any atom is -0.356 e. The molecule has 6 nitrogen and oxygen atoms in total. The number of aromatic nitrogens is 3. The molecule has 1 aromatic carbocycles. The number of rotatable bonds is 3. The summed E-state index contributed by atoms with van der Waals surface area (Å²) in [6.07, 6.45) is 4.39. The van der Waals surface area contributed by atoms with E-state index in [1.807, 2.05) is 17.5 Å². The average molecular weight is 378 g/mol. The van der Waals surface area contributed by atoms with Crippen molar-refractivity contribution >= 4 is 38.4 Å². The third kappa shape index (κ3) is 2.75. The minimum atomic E-state index is -0.176. The summed E-state index contributed by atoms with van der Waals surface area (Å²) in [6.45, 7) is -0.0241. The summed E-state index contributed by atoms with van der Waals surface area (Å²) in [7, 11) is 0. The van der Waals surface area contributed by atoms with Crippen LogP contribution in [0.4, 0.5) is 0 Å². The van der Waals surface area contributed by atoms with Crippen molar-refractivity contribution in [2.24, 2.45) is 0 Å². The number of nitrogens with zero attached hydrogens (tertiary/aromatic N) is 2. The van der Waals surface area contributed by atoms with Crippen molar-refractivity contribution in [1.82, 2.24) is 19.9 Å². The van der Waals surface area contributed by atoms with Gasteiger partial charge in [0, 0.05) is 16.6 Å². The van der Waals surface area contributed by atoms with E-state index in [0.29, 0.717) is 10.2 Å². The van der Waals surface area contributed by atoms with Crippen molar-refractivity contribution in [2.45, 2.75) is 31.8 Å². The first kappa shape index (κ1) is 16.3. The van der Waals surface area contributed by atoms with Crippen LogP contribution in [0.2, 0.25) is 0 Å². The maximum Gasteiger partial charge on any atom is 0.262 e. The van der Waals surface area contributed by atoms with Gasteiger partial charge in [-0.15, -0.1) is 11.3 Å². The molecule has 136 valence electrons. The van der Waals surface area contributed by atoms with E-state index in [1.165, 1.54) is 33.2 Å². The molecule has 0 bridgehead atoms. The highest BCUT2D eigenvalue weighted by Gasteiger charge is 2.25. The van der Waals surface area contributed by atoms with Crippen molar-refractivity contribution in [2.75, 3.05) is 0 Å². The first-order valence-electron chi connectivity index (χ1n) is 9.02. The van der Waals surface area contributed by atoms with Gasteiger partial charge in [0.1, 0.15) is 11.4 Å². The topological polar surface area (TPSA) is 79.8 Å². The number of carbonyl (C=O) groups excluding carboxylic acids is 1. The number of H-pyrrole nitrogens is 1. The second-order valence-corrected chi connectivity index (χ2v) is 7.79. The first-order valence-corrected chi connectivity index (χ1v) is 9.90. The number of para-hydroxylation sites is 1. The Morgan fingerprint density at radius 2 is 2.19 bits per heavy atom. The third-order valence-corrected chi connectivity index (χ3v) is 6.04. The normalized spacial score (nSPS) is 16.5. The Labute approximate surface area is 158 Å². The van der Waals surface area contributed by atoms with Crippen molar-refractivity contribution in [3.63, 3.8) is 0 Å². The highest BCUT2D eigenvalue weighted by Crippen LogP contribution is 2.34. The monoisotopic (exact) mass is 378 g/mol. The highest BCUT2D eigenvalue weighted by atomic mass is 32.1. The van der Waals surface area contributed by atoms with Crippen molar-refractivity contribution in [1.29, 1.82) is 0 Å². The van der Waals surface area contributed by atoms with E-state index in [2.05, 4.69) is 27.4 Å². The molecule has 0 spiro atoms. The number of benzene rings is 1. The standard InChI is InChI=1S/C20H18N4O2S/c25-17(10-24-11-21-19-14(20(24)26)8-9-27-19)22-16-7-3-5-13-12-4-1-2-6-15(12)23-18(13)16/h1-2,4,6,8-9,11,16,23H,3,5,7,10H2,(H,22,25)/t16-/m0/s1. The predicted molar refractivity (Wildman–Crippen MR) is 106 cm³/mol. The predicted octanol–water partition coefficient (Wildman–Crippen LogP) is 3.13. The summed E-state index contributed by atoms with van der Waals surface area (Å²) in [5.74, 6) is -0.176. The van der Waals surface area contributed by atoms with Gasteiger partial charge >= 0.3 is 0 Å². The van der Waals surface area contributed by atoms with E-state index in [9.17, 15) is 9.59 Å². The molecule has 1 aliphatic rings. The maximum atomic E-state index is 12.6. The van der Waals surface area contributed by atoms with Gasteiger partial charge in [0.25, 0.3) is 5.56 Å². The molecule has 1 atom stereocenters. The second-order valence-electron chi connectivity index (χ2n) is 6.89. The SMILES string of the molecule is O=C(Cn1cnc2sccc2c1=O)N[C@H]1CCCc2c1[nH]c1ccccc21. The largest absolute Gasteiger partial charge is 0.356 e. The van der Waals surface area contributed by atoms with Gasteiger partial charge in [0.2, 0.25) is 5.91 Å². The molecule has 3 aromatic heterocycles. The van der Waals surface area contributed by atoms with Gasteiger partial charge in [0.05, 0.1) is 17.8 Å². The Morgan fingerprint density at radius 1 is 1.30 bits per heavy atom. The van der Waals surface area contributed by atoms with Gasteiger partial charge in [-0.05, 0) is 42.3 Å². The van der Waals surface area contributed by atoms with E-state index in [0.717, 1.165) is 30.5 Å². The molecule has 1 aliphatic carbocycles. The van der Waals surface area contributed by atoms with Crippen LogP contribution in [0, 0.1) is 0 Å². The Balaban J connectivity index is 1.40. The zero-order valence-corrected chi connectivity index (χ0v) is 15.4. The summed E-state index contributed by atoms with van der Waals surface area (Å²) in [5, 5.41) is 6.73. The van der Waals surface area contributed by atoms with Crippen LogP contribution < -0.4 is 10.9 Å². The number of nitrogens with one attached hydrogen (secondary N) is 2. The van der Waals surface area contributed by atoms with Gasteiger partial charge in [-0.3, -0.25) is 14.2 Å². The van der Waals surface area contributed by atoms with Crippen LogP contribution in [0.15, 0.2) is 46.8 Å². The summed E-state index contributed by atoms with van der Waals surface area (Å²) in [4.78, 5) is 33.5. The lowest BCUT2D eigenvalue weighted by Crippen LogP contribution is -2.36. The van der Waals surface area contributed by atoms with Crippen molar-refractivity contribution < 1.29 is 4.79 Å². The Bertz CT molecular complexity index is 1220. The van der Waals surface area contributed by atoms with Gasteiger partial charge in [-0.25, -0.2) is 4.98 Å². The maximum absolute atomic E-state index is 12.6. The number of hydrogen-bond acceptors (Lipinski definition) is 4. The van der Waals surface area contributed by atoms with E-state index in [1.54, 1.807) is 6.07 Å². The number of aryl methyl sites for hydroxylation is 1. The minimum absolute atomic E-state index is 0.0241. The van der Waals surface area contributed by atoms with Crippen molar-refractivity contribution in [3.8, 4) is 0 Å². The van der Waals surface area contributed by atoms with Gasteiger partial charge in [-0.1, -0.05) is 18.2 Å². The van der Waals surface area contributed by atoms with Crippen LogP contribution >= 0.6 is 11.3 Å². The fourth-order valence-corrected chi connectivity index (χ4v) is 4.68. The number of carbonyl (C=O) groups is 1. The van der Waals surface area contributed by atoms with Crippen molar-refractivity contribution in [3.05, 3.63) is 63.7 Å². The summed E-state index contributed by atoms with van der Waals surface area (Å²) < 4.78 is 1.37. The van der Waals surface area contributed by atoms with E-state index in [4.69, 9.17) is 0 Å². The number of aromatic amines is 1. The average Bonchev–Trinajstić information content (AvgIpc) is 3.29. The Hall–Kier alpha value is -2.93. The van der Waals surface area contributed by atoms with Crippen LogP contribution in [0.1, 0.15) is 30.1 Å². The fraction of sp³-hybridized carbons (Fsp3) is 0.250. The molecule has 0 saturated heterocycles. The quantitative estimate of drug-likeness (QED) is 0.575. The smallest absolute Gasteiger partial charge is 0.262 e. The van der Waals surface area contributed by atoms with E-state index < -0.39 is 0 Å². The molecule has 0 fully saturated rings. The molecule has 2 N–H and O–H groups in total. The Morgan fingerprint density at radius 3 is 3.11 bits per heavy atom. The molecule has 27 heavy (non-hydrogen) atoms. The number of thiophene rings is 1. The molecule has 1 amide bonds. The van der Waals surface area contributed by atoms with Crippen LogP contribution in [0.25, 0.3) is 21.1 Å². The molecule has 0 saturated carbocycles. The molecule has 4 aromatic rings. The van der Waals surface area contributed by atoms with Crippen LogP contribution in [0.5, 0.6) is 0 Å². The van der Waals surface area contributed by atoms with Crippen LogP contribution in [-0.2, 0) is 17.8 Å². The first-order chi connectivity index (χ1) is 13.2. The van der Waals surface area contributed by atoms with Gasteiger partial charge in [-0.2, -0.15) is 0 Å². The number of amides is 1. The summed E-state index contributed by atoms with van der Waals surface area (Å²) in [6, 6.07) is 9.93. The van der Waals surface area contributed by atoms with Crippen LogP contribution in [-0.4, -0.2) is 20.4 Å². The molecular weight excluding hydrogens is 360 g/mol. The second kappa shape index (κ2) is 6.35. The molecular formula is C20H18N4O2S. The molecule has 3 heterocycles. The third-order valence-electron chi connectivity index (χ3n) is 5.21. The summed E-state index contributed by atoms with van der Waals surface area (Å²) >= 11 is 1.42. The molecule has 0 radical (unpaired) electrons. The van der Waals surface area contributed by atoms with Gasteiger partial charge in [0.15, 0.2) is 0 Å². The lowest BCUT2D eigenvalue weighted by atomic mass is 9.91. The lowest BCUT2D eigenvalue weighted by Gasteiger charge is -2.24. The Kier molecular flexibility index (Phi) is 3.82. The van der Waals surface area contributed by atoms with Gasteiger partial charge < -0.3 is 10.3 Å². The molecule has 0 unspecified atom stereocenters. The van der Waals surface area contributed by atoms with E-state index >= 15 is 0 Å². The highest BCUT2D eigenvalue weighted by molar-refractivity contribution is 7.16. The number of fused-ring (bicyclic) bond motifs is 4. The zero-order valence-electron chi connectivity index (χ0n) is 14.6. The molecule has 5 rings (SSSR count). The van der Waals surface area contributed by atoms with Crippen LogP contribution in [0.3, 0.4) is 0 Å². The summed E-state index contributed by atoms with van der Waals surface area (Å²) in [5.41, 5.74) is 3.31. The molecule has 0 aliphatic heterocycles. The molecule has 7 heteroatoms.